The molecule has 1 aliphatic heterocycles. The van der Waals surface area contributed by atoms with Crippen molar-refractivity contribution in [1.82, 2.24) is 15.5 Å². The Bertz CT molecular complexity index is 348. The third-order valence-corrected chi connectivity index (χ3v) is 4.76. The van der Waals surface area contributed by atoms with E-state index in [1.807, 2.05) is 0 Å². The van der Waals surface area contributed by atoms with Crippen molar-refractivity contribution < 1.29 is 9.84 Å². The van der Waals surface area contributed by atoms with Crippen molar-refractivity contribution >= 4 is 29.9 Å². The van der Waals surface area contributed by atoms with Gasteiger partial charge in [-0.25, -0.2) is 0 Å². The molecule has 0 amide bonds. The molecule has 1 rings (SSSR count). The SMILES string of the molecule is CN=C(NCCCCCCCN(C)C)NCC1(CCO)CCOC1.I. The van der Waals surface area contributed by atoms with Gasteiger partial charge in [-0.1, -0.05) is 19.3 Å². The second-order valence-corrected chi connectivity index (χ2v) is 7.20. The first kappa shape index (κ1) is 24.9. The predicted molar refractivity (Wildman–Crippen MR) is 116 cm³/mol. The molecule has 0 aliphatic carbocycles. The maximum absolute atomic E-state index is 9.27. The van der Waals surface area contributed by atoms with Crippen LogP contribution in [0.1, 0.15) is 44.9 Å². The van der Waals surface area contributed by atoms with Crippen LogP contribution in [0.15, 0.2) is 4.99 Å². The highest BCUT2D eigenvalue weighted by Gasteiger charge is 2.34. The van der Waals surface area contributed by atoms with Crippen molar-refractivity contribution in [1.29, 1.82) is 0 Å². The minimum absolute atomic E-state index is 0. The molecule has 1 atom stereocenters. The van der Waals surface area contributed by atoms with E-state index in [9.17, 15) is 5.11 Å². The monoisotopic (exact) mass is 470 g/mol. The lowest BCUT2D eigenvalue weighted by molar-refractivity contribution is 0.127. The highest BCUT2D eigenvalue weighted by molar-refractivity contribution is 14.0. The number of halogens is 1. The molecular weight excluding hydrogens is 431 g/mol. The Morgan fingerprint density at radius 1 is 1.16 bits per heavy atom. The molecule has 1 unspecified atom stereocenters. The molecule has 0 radical (unpaired) electrons. The normalized spacial score (nSPS) is 20.6. The van der Waals surface area contributed by atoms with E-state index in [0.29, 0.717) is 0 Å². The summed E-state index contributed by atoms with van der Waals surface area (Å²) in [6, 6.07) is 0. The fraction of sp³-hybridized carbons (Fsp3) is 0.944. The zero-order chi connectivity index (χ0) is 17.7. The van der Waals surface area contributed by atoms with Crippen molar-refractivity contribution in [3.63, 3.8) is 0 Å². The number of aliphatic hydroxyl groups excluding tert-OH is 1. The molecule has 7 heteroatoms. The van der Waals surface area contributed by atoms with Crippen LogP contribution in [0.2, 0.25) is 0 Å². The first-order valence-electron chi connectivity index (χ1n) is 9.40. The Hall–Kier alpha value is -0.120. The van der Waals surface area contributed by atoms with Crippen molar-refractivity contribution in [2.45, 2.75) is 44.9 Å². The number of guanidine groups is 1. The van der Waals surface area contributed by atoms with Gasteiger partial charge in [-0.05, 0) is 46.3 Å². The maximum atomic E-state index is 9.27. The van der Waals surface area contributed by atoms with Crippen LogP contribution in [-0.2, 0) is 4.74 Å². The molecule has 0 aromatic rings. The second-order valence-electron chi connectivity index (χ2n) is 7.20. The minimum Gasteiger partial charge on any atom is -0.396 e. The number of ether oxygens (including phenoxy) is 1. The lowest BCUT2D eigenvalue weighted by Gasteiger charge is -2.27. The summed E-state index contributed by atoms with van der Waals surface area (Å²) in [6.07, 6.45) is 8.13. The Balaban J connectivity index is 0.00000576. The molecule has 1 saturated heterocycles. The van der Waals surface area contributed by atoms with Crippen LogP contribution in [0.25, 0.3) is 0 Å². The largest absolute Gasteiger partial charge is 0.396 e. The Morgan fingerprint density at radius 3 is 2.48 bits per heavy atom. The zero-order valence-corrected chi connectivity index (χ0v) is 18.7. The van der Waals surface area contributed by atoms with Gasteiger partial charge in [0, 0.05) is 38.8 Å². The van der Waals surface area contributed by atoms with Crippen LogP contribution in [0.4, 0.5) is 0 Å². The number of hydrogen-bond donors (Lipinski definition) is 3. The van der Waals surface area contributed by atoms with Crippen LogP contribution >= 0.6 is 24.0 Å². The minimum atomic E-state index is 0. The van der Waals surface area contributed by atoms with Gasteiger partial charge in [0.2, 0.25) is 0 Å². The van der Waals surface area contributed by atoms with Crippen molar-refractivity contribution in [3.8, 4) is 0 Å². The maximum Gasteiger partial charge on any atom is 0.190 e. The Labute approximate surface area is 171 Å². The zero-order valence-electron chi connectivity index (χ0n) is 16.4. The van der Waals surface area contributed by atoms with E-state index in [1.165, 1.54) is 38.6 Å². The van der Waals surface area contributed by atoms with Crippen molar-refractivity contribution in [2.75, 3.05) is 60.6 Å². The van der Waals surface area contributed by atoms with Gasteiger partial charge < -0.3 is 25.4 Å². The summed E-state index contributed by atoms with van der Waals surface area (Å²) >= 11 is 0. The van der Waals surface area contributed by atoms with E-state index >= 15 is 0 Å². The summed E-state index contributed by atoms with van der Waals surface area (Å²) < 4.78 is 5.52. The lowest BCUT2D eigenvalue weighted by atomic mass is 9.84. The number of unbranched alkanes of at least 4 members (excludes halogenated alkanes) is 4. The number of nitrogens with zero attached hydrogens (tertiary/aromatic N) is 2. The molecule has 3 N–H and O–H groups in total. The molecule has 25 heavy (non-hydrogen) atoms. The van der Waals surface area contributed by atoms with Crippen molar-refractivity contribution in [3.05, 3.63) is 0 Å². The summed E-state index contributed by atoms with van der Waals surface area (Å²) in [5, 5.41) is 16.1. The van der Waals surface area contributed by atoms with Crippen molar-refractivity contribution in [2.24, 2.45) is 10.4 Å². The quantitative estimate of drug-likeness (QED) is 0.176. The molecule has 0 aromatic heterocycles. The molecule has 0 aromatic carbocycles. The number of aliphatic hydroxyl groups is 1. The molecule has 6 nitrogen and oxygen atoms in total. The molecule has 0 spiro atoms. The van der Waals surface area contributed by atoms with Gasteiger partial charge in [0.1, 0.15) is 0 Å². The summed E-state index contributed by atoms with van der Waals surface area (Å²) in [4.78, 5) is 6.54. The predicted octanol–water partition coefficient (Wildman–Crippen LogP) is 2.07. The van der Waals surface area contributed by atoms with Gasteiger partial charge >= 0.3 is 0 Å². The average molecular weight is 470 g/mol. The number of aliphatic imine (C=N–C) groups is 1. The third kappa shape index (κ3) is 11.2. The average Bonchev–Trinajstić information content (AvgIpc) is 3.01. The lowest BCUT2D eigenvalue weighted by Crippen LogP contribution is -2.44. The van der Waals surface area contributed by atoms with E-state index in [0.717, 1.165) is 45.1 Å². The first-order valence-corrected chi connectivity index (χ1v) is 9.40. The second kappa shape index (κ2) is 15.0. The van der Waals surface area contributed by atoms with Gasteiger partial charge in [-0.2, -0.15) is 0 Å². The number of hydrogen-bond acceptors (Lipinski definition) is 4. The van der Waals surface area contributed by atoms with Crippen LogP contribution in [0.3, 0.4) is 0 Å². The van der Waals surface area contributed by atoms with Gasteiger partial charge in [-0.15, -0.1) is 24.0 Å². The Kier molecular flexibility index (Phi) is 14.9. The molecule has 0 saturated carbocycles. The summed E-state index contributed by atoms with van der Waals surface area (Å²) in [5.74, 6) is 0.854. The van der Waals surface area contributed by atoms with E-state index < -0.39 is 0 Å². The number of nitrogens with one attached hydrogen (secondary N) is 2. The highest BCUT2D eigenvalue weighted by Crippen LogP contribution is 2.31. The van der Waals surface area contributed by atoms with E-state index in [2.05, 4.69) is 34.6 Å². The van der Waals surface area contributed by atoms with Crippen LogP contribution in [0, 0.1) is 5.41 Å². The van der Waals surface area contributed by atoms with Gasteiger partial charge in [0.15, 0.2) is 5.96 Å². The molecule has 150 valence electrons. The summed E-state index contributed by atoms with van der Waals surface area (Å²) in [6.45, 7) is 4.68. The van der Waals surface area contributed by atoms with Crippen LogP contribution in [-0.4, -0.2) is 76.6 Å². The van der Waals surface area contributed by atoms with Gasteiger partial charge in [0.05, 0.1) is 6.61 Å². The van der Waals surface area contributed by atoms with Crippen LogP contribution in [0.5, 0.6) is 0 Å². The fourth-order valence-electron chi connectivity index (χ4n) is 3.09. The summed E-state index contributed by atoms with van der Waals surface area (Å²) in [7, 11) is 6.07. The topological polar surface area (TPSA) is 69.1 Å². The van der Waals surface area contributed by atoms with E-state index in [1.54, 1.807) is 7.05 Å². The molecule has 1 aliphatic rings. The summed E-state index contributed by atoms with van der Waals surface area (Å²) in [5.41, 5.74) is 0.0544. The smallest absolute Gasteiger partial charge is 0.190 e. The Morgan fingerprint density at radius 2 is 1.88 bits per heavy atom. The van der Waals surface area contributed by atoms with Gasteiger partial charge in [0.25, 0.3) is 0 Å². The highest BCUT2D eigenvalue weighted by atomic mass is 127. The molecule has 0 bridgehead atoms. The third-order valence-electron chi connectivity index (χ3n) is 4.76. The fourth-order valence-corrected chi connectivity index (χ4v) is 3.09. The van der Waals surface area contributed by atoms with E-state index in [4.69, 9.17) is 4.74 Å². The molecule has 1 fully saturated rings. The van der Waals surface area contributed by atoms with Gasteiger partial charge in [-0.3, -0.25) is 4.99 Å². The first-order chi connectivity index (χ1) is 11.6. The number of rotatable bonds is 12. The van der Waals surface area contributed by atoms with E-state index in [-0.39, 0.29) is 36.0 Å². The standard InChI is InChI=1S/C18H38N4O2.HI/c1-19-17(20-11-7-5-4-6-8-12-22(2)3)21-15-18(9-13-23)10-14-24-16-18;/h23H,4-16H2,1-3H3,(H2,19,20,21);1H. The molecule has 1 heterocycles. The molecular formula is C18H39IN4O2. The van der Waals surface area contributed by atoms with Crippen LogP contribution < -0.4 is 10.6 Å².